The normalized spacial score (nSPS) is 17.2. The van der Waals surface area contributed by atoms with Crippen molar-refractivity contribution < 1.29 is 18.0 Å². The molecule has 0 saturated carbocycles. The highest BCUT2D eigenvalue weighted by molar-refractivity contribution is 7.93. The van der Waals surface area contributed by atoms with Crippen LogP contribution in [0.4, 0.5) is 16.2 Å². The molecule has 9 heteroatoms. The SMILES string of the molecule is CCNC(=O)NC(=O)C(C)Nc1ccc(N2CCCS2(=O)=O)cc1. The van der Waals surface area contributed by atoms with Gasteiger partial charge in [0.15, 0.2) is 0 Å². The van der Waals surface area contributed by atoms with E-state index in [1.165, 1.54) is 4.31 Å². The number of nitrogens with zero attached hydrogens (tertiary/aromatic N) is 1. The van der Waals surface area contributed by atoms with Crippen LogP contribution >= 0.6 is 0 Å². The lowest BCUT2D eigenvalue weighted by Crippen LogP contribution is -2.45. The van der Waals surface area contributed by atoms with E-state index in [9.17, 15) is 18.0 Å². The second-order valence-electron chi connectivity index (χ2n) is 5.50. The molecule has 2 rings (SSSR count). The minimum Gasteiger partial charge on any atom is -0.374 e. The number of sulfonamides is 1. The summed E-state index contributed by atoms with van der Waals surface area (Å²) >= 11 is 0. The van der Waals surface area contributed by atoms with Crippen molar-refractivity contribution in [2.24, 2.45) is 0 Å². The molecule has 8 nitrogen and oxygen atoms in total. The Labute approximate surface area is 141 Å². The first-order valence-electron chi connectivity index (χ1n) is 7.79. The monoisotopic (exact) mass is 354 g/mol. The van der Waals surface area contributed by atoms with E-state index >= 15 is 0 Å². The van der Waals surface area contributed by atoms with Crippen LogP contribution in [0.15, 0.2) is 24.3 Å². The zero-order valence-electron chi connectivity index (χ0n) is 13.7. The molecule has 24 heavy (non-hydrogen) atoms. The first-order valence-corrected chi connectivity index (χ1v) is 9.40. The standard InChI is InChI=1S/C15H22N4O4S/c1-3-16-15(21)18-14(20)11(2)17-12-5-7-13(8-6-12)19-9-4-10-24(19,22)23/h5-8,11,17H,3-4,9-10H2,1-2H3,(H2,16,18,20,21). The maximum Gasteiger partial charge on any atom is 0.321 e. The molecule has 1 saturated heterocycles. The minimum absolute atomic E-state index is 0.171. The second-order valence-corrected chi connectivity index (χ2v) is 7.52. The highest BCUT2D eigenvalue weighted by Gasteiger charge is 2.28. The van der Waals surface area contributed by atoms with Crippen LogP contribution in [-0.2, 0) is 14.8 Å². The Morgan fingerprint density at radius 1 is 1.25 bits per heavy atom. The summed E-state index contributed by atoms with van der Waals surface area (Å²) in [6.45, 7) is 4.31. The quantitative estimate of drug-likeness (QED) is 0.727. The van der Waals surface area contributed by atoms with Gasteiger partial charge in [0.1, 0.15) is 6.04 Å². The Hall–Kier alpha value is -2.29. The lowest BCUT2D eigenvalue weighted by Gasteiger charge is -2.18. The van der Waals surface area contributed by atoms with Gasteiger partial charge in [-0.15, -0.1) is 0 Å². The van der Waals surface area contributed by atoms with Crippen LogP contribution in [0.5, 0.6) is 0 Å². The van der Waals surface area contributed by atoms with Gasteiger partial charge >= 0.3 is 6.03 Å². The Morgan fingerprint density at radius 2 is 1.92 bits per heavy atom. The van der Waals surface area contributed by atoms with Crippen LogP contribution < -0.4 is 20.3 Å². The lowest BCUT2D eigenvalue weighted by atomic mass is 10.2. The minimum atomic E-state index is -3.20. The van der Waals surface area contributed by atoms with Gasteiger partial charge in [-0.1, -0.05) is 0 Å². The van der Waals surface area contributed by atoms with Crippen molar-refractivity contribution in [3.63, 3.8) is 0 Å². The molecular weight excluding hydrogens is 332 g/mol. The predicted molar refractivity (Wildman–Crippen MR) is 92.5 cm³/mol. The van der Waals surface area contributed by atoms with E-state index in [4.69, 9.17) is 0 Å². The average Bonchev–Trinajstić information content (AvgIpc) is 2.87. The molecule has 1 aliphatic heterocycles. The Bertz CT molecular complexity index is 703. The van der Waals surface area contributed by atoms with E-state index in [2.05, 4.69) is 16.0 Å². The summed E-state index contributed by atoms with van der Waals surface area (Å²) < 4.78 is 25.2. The number of hydrogen-bond acceptors (Lipinski definition) is 5. The van der Waals surface area contributed by atoms with Gasteiger partial charge in [0.05, 0.1) is 11.4 Å². The third-order valence-electron chi connectivity index (χ3n) is 3.61. The Kier molecular flexibility index (Phi) is 5.66. The van der Waals surface area contributed by atoms with Crippen molar-refractivity contribution in [1.82, 2.24) is 10.6 Å². The number of amides is 3. The van der Waals surface area contributed by atoms with Gasteiger partial charge in [-0.25, -0.2) is 13.2 Å². The van der Waals surface area contributed by atoms with Crippen LogP contribution in [0, 0.1) is 0 Å². The number of rotatable bonds is 5. The van der Waals surface area contributed by atoms with Crippen LogP contribution in [0.25, 0.3) is 0 Å². The average molecular weight is 354 g/mol. The van der Waals surface area contributed by atoms with Crippen molar-refractivity contribution >= 4 is 33.3 Å². The molecule has 1 unspecified atom stereocenters. The number of hydrogen-bond donors (Lipinski definition) is 3. The molecule has 3 amide bonds. The van der Waals surface area contributed by atoms with Crippen molar-refractivity contribution in [1.29, 1.82) is 0 Å². The second kappa shape index (κ2) is 7.52. The number of urea groups is 1. The van der Waals surface area contributed by atoms with Crippen molar-refractivity contribution in [3.8, 4) is 0 Å². The molecule has 1 aromatic rings. The van der Waals surface area contributed by atoms with Crippen LogP contribution in [0.2, 0.25) is 0 Å². The summed E-state index contributed by atoms with van der Waals surface area (Å²) in [5.74, 6) is -0.281. The highest BCUT2D eigenvalue weighted by Crippen LogP contribution is 2.25. The van der Waals surface area contributed by atoms with E-state index < -0.39 is 28.0 Å². The van der Waals surface area contributed by atoms with E-state index in [0.29, 0.717) is 30.9 Å². The lowest BCUT2D eigenvalue weighted by molar-refractivity contribution is -0.120. The largest absolute Gasteiger partial charge is 0.374 e. The van der Waals surface area contributed by atoms with Gasteiger partial charge in [-0.2, -0.15) is 0 Å². The van der Waals surface area contributed by atoms with Crippen LogP contribution in [0.1, 0.15) is 20.3 Å². The van der Waals surface area contributed by atoms with Crippen LogP contribution in [0.3, 0.4) is 0 Å². The third-order valence-corrected chi connectivity index (χ3v) is 5.47. The molecule has 1 fully saturated rings. The molecule has 1 aromatic carbocycles. The van der Waals surface area contributed by atoms with Gasteiger partial charge in [0, 0.05) is 18.8 Å². The van der Waals surface area contributed by atoms with Crippen molar-refractivity contribution in [2.75, 3.05) is 28.5 Å². The summed E-state index contributed by atoms with van der Waals surface area (Å²) in [5.41, 5.74) is 1.27. The summed E-state index contributed by atoms with van der Waals surface area (Å²) in [6.07, 6.45) is 0.624. The number of carbonyl (C=O) groups excluding carboxylic acids is 2. The maximum atomic E-state index is 11.9. The molecular formula is C15H22N4O4S. The first kappa shape index (κ1) is 18.1. The molecule has 1 aliphatic rings. The smallest absolute Gasteiger partial charge is 0.321 e. The molecule has 0 spiro atoms. The van der Waals surface area contributed by atoms with E-state index in [-0.39, 0.29) is 5.75 Å². The first-order chi connectivity index (χ1) is 11.3. The zero-order chi connectivity index (χ0) is 17.7. The van der Waals surface area contributed by atoms with Crippen LogP contribution in [-0.4, -0.2) is 45.2 Å². The predicted octanol–water partition coefficient (Wildman–Crippen LogP) is 0.873. The molecule has 132 valence electrons. The topological polar surface area (TPSA) is 108 Å². The van der Waals surface area contributed by atoms with Gasteiger partial charge in [0.2, 0.25) is 15.9 Å². The highest BCUT2D eigenvalue weighted by atomic mass is 32.2. The van der Waals surface area contributed by atoms with Gasteiger partial charge in [-0.3, -0.25) is 14.4 Å². The number of imide groups is 1. The van der Waals surface area contributed by atoms with Gasteiger partial charge in [-0.05, 0) is 44.5 Å². The number of anilines is 2. The fraction of sp³-hybridized carbons (Fsp3) is 0.467. The molecule has 1 atom stereocenters. The zero-order valence-corrected chi connectivity index (χ0v) is 14.5. The molecule has 0 bridgehead atoms. The number of nitrogens with one attached hydrogen (secondary N) is 3. The summed E-state index contributed by atoms with van der Waals surface area (Å²) in [7, 11) is -3.20. The molecule has 1 heterocycles. The summed E-state index contributed by atoms with van der Waals surface area (Å²) in [5, 5.41) is 7.68. The Balaban J connectivity index is 1.96. The summed E-state index contributed by atoms with van der Waals surface area (Å²) in [6, 6.07) is 5.65. The maximum absolute atomic E-state index is 11.9. The Morgan fingerprint density at radius 3 is 2.46 bits per heavy atom. The van der Waals surface area contributed by atoms with Crippen molar-refractivity contribution in [2.45, 2.75) is 26.3 Å². The van der Waals surface area contributed by atoms with Gasteiger partial charge in [0.25, 0.3) is 0 Å². The number of benzene rings is 1. The summed E-state index contributed by atoms with van der Waals surface area (Å²) in [4.78, 5) is 23.2. The van der Waals surface area contributed by atoms with E-state index in [1.54, 1.807) is 38.1 Å². The third kappa shape index (κ3) is 4.38. The van der Waals surface area contributed by atoms with Crippen molar-refractivity contribution in [3.05, 3.63) is 24.3 Å². The molecule has 0 radical (unpaired) electrons. The fourth-order valence-corrected chi connectivity index (χ4v) is 3.96. The van der Waals surface area contributed by atoms with Gasteiger partial charge < -0.3 is 10.6 Å². The van der Waals surface area contributed by atoms with E-state index in [0.717, 1.165) is 0 Å². The fourth-order valence-electron chi connectivity index (χ4n) is 2.39. The molecule has 0 aliphatic carbocycles. The number of carbonyl (C=O) groups is 2. The molecule has 0 aromatic heterocycles. The van der Waals surface area contributed by atoms with E-state index in [1.807, 2.05) is 0 Å². The molecule has 3 N–H and O–H groups in total.